The molecular weight excluding hydrogens is 362 g/mol. The molecule has 0 fully saturated rings. The number of hydrogen-bond acceptors (Lipinski definition) is 4. The molecule has 25 heavy (non-hydrogen) atoms. The minimum absolute atomic E-state index is 0.0523. The van der Waals surface area contributed by atoms with E-state index < -0.39 is 21.0 Å². The molecule has 132 valence electrons. The molecule has 0 heterocycles. The van der Waals surface area contributed by atoms with Crippen LogP contribution in [0.2, 0.25) is 5.02 Å². The van der Waals surface area contributed by atoms with Crippen LogP contribution in [0.1, 0.15) is 28.8 Å². The summed E-state index contributed by atoms with van der Waals surface area (Å²) < 4.78 is 25.2. The molecule has 0 spiro atoms. The van der Waals surface area contributed by atoms with E-state index in [9.17, 15) is 18.0 Å². The number of sulfone groups is 1. The Morgan fingerprint density at radius 2 is 1.60 bits per heavy atom. The zero-order chi connectivity index (χ0) is 18.6. The van der Waals surface area contributed by atoms with Gasteiger partial charge in [0, 0.05) is 17.0 Å². The molecule has 0 unspecified atom stereocenters. The Morgan fingerprint density at radius 3 is 2.12 bits per heavy atom. The molecule has 2 rings (SSSR count). The number of hydrogen-bond donors (Lipinski definition) is 1. The highest BCUT2D eigenvalue weighted by atomic mass is 35.5. The Morgan fingerprint density at radius 1 is 1.04 bits per heavy atom. The number of carbonyl (C=O) groups is 2. The van der Waals surface area contributed by atoms with Crippen molar-refractivity contribution in [2.24, 2.45) is 5.73 Å². The van der Waals surface area contributed by atoms with Crippen molar-refractivity contribution >= 4 is 33.1 Å². The maximum atomic E-state index is 12.6. The molecule has 0 radical (unpaired) electrons. The number of benzene rings is 2. The fourth-order valence-corrected chi connectivity index (χ4v) is 4.09. The molecule has 0 aromatic heterocycles. The van der Waals surface area contributed by atoms with Gasteiger partial charge in [-0.3, -0.25) is 9.59 Å². The zero-order valence-corrected chi connectivity index (χ0v) is 15.2. The minimum atomic E-state index is -3.99. The molecule has 2 aromatic rings. The molecule has 5 nitrogen and oxygen atoms in total. The second-order valence-corrected chi connectivity index (χ2v) is 8.28. The first-order valence-electron chi connectivity index (χ1n) is 7.60. The third-order valence-electron chi connectivity index (χ3n) is 3.84. The van der Waals surface area contributed by atoms with Gasteiger partial charge in [-0.1, -0.05) is 41.4 Å². The van der Waals surface area contributed by atoms with Crippen molar-refractivity contribution in [1.29, 1.82) is 0 Å². The number of rotatable bonds is 7. The molecule has 2 N–H and O–H groups in total. The molecule has 1 atom stereocenters. The van der Waals surface area contributed by atoms with E-state index in [-0.39, 0.29) is 23.5 Å². The molecule has 0 aliphatic carbocycles. The lowest BCUT2D eigenvalue weighted by Crippen LogP contribution is -2.36. The summed E-state index contributed by atoms with van der Waals surface area (Å²) in [4.78, 5) is 23.9. The van der Waals surface area contributed by atoms with Crippen LogP contribution in [-0.2, 0) is 14.6 Å². The first kappa shape index (κ1) is 19.1. The summed E-state index contributed by atoms with van der Waals surface area (Å²) in [5.74, 6) is -1.22. The molecule has 1 amide bonds. The Hall–Kier alpha value is -2.18. The summed E-state index contributed by atoms with van der Waals surface area (Å²) in [6.07, 6.45) is -0.267. The van der Waals surface area contributed by atoms with E-state index in [1.807, 2.05) is 6.92 Å². The van der Waals surface area contributed by atoms with E-state index in [1.54, 1.807) is 24.3 Å². The Labute approximate surface area is 151 Å². The summed E-state index contributed by atoms with van der Waals surface area (Å²) in [7, 11) is -3.99. The number of primary amides is 1. The van der Waals surface area contributed by atoms with E-state index >= 15 is 0 Å². The molecule has 0 saturated heterocycles. The summed E-state index contributed by atoms with van der Waals surface area (Å²) in [6.45, 7) is 1.90. The first-order valence-corrected chi connectivity index (χ1v) is 9.53. The van der Waals surface area contributed by atoms with Crippen LogP contribution in [0.5, 0.6) is 0 Å². The molecule has 7 heteroatoms. The monoisotopic (exact) mass is 379 g/mol. The quantitative estimate of drug-likeness (QED) is 0.748. The van der Waals surface area contributed by atoms with Gasteiger partial charge in [0.05, 0.1) is 4.90 Å². The number of aryl methyl sites for hydroxylation is 1. The van der Waals surface area contributed by atoms with Gasteiger partial charge >= 0.3 is 0 Å². The first-order chi connectivity index (χ1) is 11.7. The number of amides is 1. The highest BCUT2D eigenvalue weighted by Crippen LogP contribution is 2.22. The topological polar surface area (TPSA) is 94.3 Å². The van der Waals surface area contributed by atoms with Crippen LogP contribution >= 0.6 is 11.6 Å². The fourth-order valence-electron chi connectivity index (χ4n) is 2.38. The fraction of sp³-hybridized carbons (Fsp3) is 0.222. The van der Waals surface area contributed by atoms with Gasteiger partial charge in [-0.2, -0.15) is 0 Å². The summed E-state index contributed by atoms with van der Waals surface area (Å²) >= 11 is 5.75. The molecule has 2 aromatic carbocycles. The number of carbonyl (C=O) groups excluding carboxylic acids is 2. The summed E-state index contributed by atoms with van der Waals surface area (Å²) in [5, 5.41) is -1.09. The van der Waals surface area contributed by atoms with Crippen LogP contribution in [0.3, 0.4) is 0 Å². The van der Waals surface area contributed by atoms with Crippen molar-refractivity contribution in [3.8, 4) is 0 Å². The lowest BCUT2D eigenvalue weighted by atomic mass is 10.0. The average Bonchev–Trinajstić information content (AvgIpc) is 2.55. The van der Waals surface area contributed by atoms with Crippen LogP contribution in [0, 0.1) is 6.92 Å². The minimum Gasteiger partial charge on any atom is -0.369 e. The number of Topliss-reactive ketones (excluding diaryl/α,β-unsaturated/α-hetero) is 1. The maximum absolute atomic E-state index is 12.6. The molecular formula is C18H18ClNO4S. The average molecular weight is 380 g/mol. The molecule has 0 aliphatic rings. The van der Waals surface area contributed by atoms with Gasteiger partial charge in [0.1, 0.15) is 5.25 Å². The SMILES string of the molecule is Cc1ccc(C(=O)CC[C@H](C(N)=O)S(=O)(=O)c2ccc(Cl)cc2)cc1. The highest BCUT2D eigenvalue weighted by Gasteiger charge is 2.32. The van der Waals surface area contributed by atoms with Crippen LogP contribution in [0.15, 0.2) is 53.4 Å². The van der Waals surface area contributed by atoms with Gasteiger partial charge in [0.15, 0.2) is 15.6 Å². The van der Waals surface area contributed by atoms with Crippen molar-refractivity contribution in [3.05, 3.63) is 64.7 Å². The lowest BCUT2D eigenvalue weighted by molar-refractivity contribution is -0.117. The van der Waals surface area contributed by atoms with E-state index in [2.05, 4.69) is 0 Å². The zero-order valence-electron chi connectivity index (χ0n) is 13.6. The third-order valence-corrected chi connectivity index (χ3v) is 6.24. The van der Waals surface area contributed by atoms with Gasteiger partial charge in [-0.25, -0.2) is 8.42 Å². The standard InChI is InChI=1S/C18H18ClNO4S/c1-12-2-4-13(5-3-12)16(21)10-11-17(18(20)22)25(23,24)15-8-6-14(19)7-9-15/h2-9,17H,10-11H2,1H3,(H2,20,22)/t17-/m1/s1. The smallest absolute Gasteiger partial charge is 0.236 e. The number of nitrogens with two attached hydrogens (primary N) is 1. The van der Waals surface area contributed by atoms with E-state index in [0.29, 0.717) is 10.6 Å². The van der Waals surface area contributed by atoms with Gasteiger partial charge < -0.3 is 5.73 Å². The van der Waals surface area contributed by atoms with Gasteiger partial charge in [0.25, 0.3) is 0 Å². The van der Waals surface area contributed by atoms with Crippen molar-refractivity contribution < 1.29 is 18.0 Å². The van der Waals surface area contributed by atoms with Crippen molar-refractivity contribution in [2.75, 3.05) is 0 Å². The van der Waals surface area contributed by atoms with Gasteiger partial charge in [-0.05, 0) is 37.6 Å². The van der Waals surface area contributed by atoms with Crippen LogP contribution in [0.25, 0.3) is 0 Å². The lowest BCUT2D eigenvalue weighted by Gasteiger charge is -2.14. The molecule has 0 bridgehead atoms. The predicted octanol–water partition coefficient (Wildman–Crippen LogP) is 2.94. The van der Waals surface area contributed by atoms with Crippen LogP contribution in [0.4, 0.5) is 0 Å². The van der Waals surface area contributed by atoms with Crippen molar-refractivity contribution in [3.63, 3.8) is 0 Å². The van der Waals surface area contributed by atoms with Crippen LogP contribution < -0.4 is 5.73 Å². The Balaban J connectivity index is 2.18. The number of halogens is 1. The van der Waals surface area contributed by atoms with E-state index in [1.165, 1.54) is 24.3 Å². The maximum Gasteiger partial charge on any atom is 0.236 e. The highest BCUT2D eigenvalue weighted by molar-refractivity contribution is 7.92. The molecule has 0 aliphatic heterocycles. The van der Waals surface area contributed by atoms with Crippen molar-refractivity contribution in [2.45, 2.75) is 29.9 Å². The Kier molecular flexibility index (Phi) is 5.98. The number of ketones is 1. The second kappa shape index (κ2) is 7.80. The molecule has 0 saturated carbocycles. The van der Waals surface area contributed by atoms with E-state index in [0.717, 1.165) is 5.56 Å². The van der Waals surface area contributed by atoms with Gasteiger partial charge in [0.2, 0.25) is 5.91 Å². The summed E-state index contributed by atoms with van der Waals surface area (Å²) in [6, 6.07) is 12.4. The largest absolute Gasteiger partial charge is 0.369 e. The summed E-state index contributed by atoms with van der Waals surface area (Å²) in [5.41, 5.74) is 6.76. The van der Waals surface area contributed by atoms with Crippen molar-refractivity contribution in [1.82, 2.24) is 0 Å². The normalized spacial score (nSPS) is 12.6. The van der Waals surface area contributed by atoms with Crippen LogP contribution in [-0.4, -0.2) is 25.4 Å². The van der Waals surface area contributed by atoms with E-state index in [4.69, 9.17) is 17.3 Å². The van der Waals surface area contributed by atoms with Gasteiger partial charge in [-0.15, -0.1) is 0 Å². The Bertz CT molecular complexity index is 874. The second-order valence-electron chi connectivity index (χ2n) is 5.72. The predicted molar refractivity (Wildman–Crippen MR) is 96.4 cm³/mol. The third kappa shape index (κ3) is 4.67.